The second-order valence-electron chi connectivity index (χ2n) is 9.79. The van der Waals surface area contributed by atoms with Crippen molar-refractivity contribution in [1.29, 1.82) is 0 Å². The first-order chi connectivity index (χ1) is 15.9. The Bertz CT molecular complexity index is 1010. The molecule has 0 aliphatic carbocycles. The molecule has 7 heteroatoms. The van der Waals surface area contributed by atoms with Crippen molar-refractivity contribution in [2.24, 2.45) is 11.8 Å². The molecule has 33 heavy (non-hydrogen) atoms. The van der Waals surface area contributed by atoms with Gasteiger partial charge in [-0.1, -0.05) is 44.9 Å². The van der Waals surface area contributed by atoms with Gasteiger partial charge in [-0.2, -0.15) is 0 Å². The van der Waals surface area contributed by atoms with E-state index in [-0.39, 0.29) is 11.8 Å². The Morgan fingerprint density at radius 3 is 2.64 bits per heavy atom. The highest BCUT2D eigenvalue weighted by atomic mass is 35.5. The topological polar surface area (TPSA) is 58.4 Å². The Morgan fingerprint density at radius 1 is 1.18 bits per heavy atom. The molecule has 2 atom stereocenters. The molecule has 178 valence electrons. The maximum Gasteiger partial charge on any atom is 0.274 e. The van der Waals surface area contributed by atoms with E-state index in [1.54, 1.807) is 29.2 Å². The number of aryl methyl sites for hydroxylation is 1. The average molecular weight is 471 g/mol. The second kappa shape index (κ2) is 10.3. The van der Waals surface area contributed by atoms with Crippen molar-refractivity contribution in [3.05, 3.63) is 46.4 Å². The number of imidazole rings is 1. The molecule has 2 unspecified atom stereocenters. The van der Waals surface area contributed by atoms with Crippen LogP contribution in [0.15, 0.2) is 24.3 Å². The van der Waals surface area contributed by atoms with Crippen molar-refractivity contribution < 1.29 is 9.59 Å². The fourth-order valence-corrected chi connectivity index (χ4v) is 5.44. The molecule has 0 spiro atoms. The van der Waals surface area contributed by atoms with Gasteiger partial charge >= 0.3 is 0 Å². The molecular formula is C26H35ClN4O2. The SMILES string of the molecule is CCCCN(C(=O)c1cccc(Cl)c1)c1nc2n(c1C(=O)N1CC(C)CC(C)C1)CCCC2. The fraction of sp³-hybridized carbons (Fsp3) is 0.577. The lowest BCUT2D eigenvalue weighted by molar-refractivity contribution is 0.0611. The molecule has 2 aliphatic heterocycles. The van der Waals surface area contributed by atoms with Gasteiger partial charge in [0.1, 0.15) is 5.82 Å². The van der Waals surface area contributed by atoms with Gasteiger partial charge in [0.05, 0.1) is 0 Å². The van der Waals surface area contributed by atoms with E-state index in [0.29, 0.717) is 40.5 Å². The maximum atomic E-state index is 13.9. The molecule has 0 bridgehead atoms. The number of fused-ring (bicyclic) bond motifs is 1. The van der Waals surface area contributed by atoms with E-state index >= 15 is 0 Å². The van der Waals surface area contributed by atoms with Crippen LogP contribution in [-0.4, -0.2) is 45.9 Å². The first-order valence-electron chi connectivity index (χ1n) is 12.3. The zero-order valence-corrected chi connectivity index (χ0v) is 20.8. The summed E-state index contributed by atoms with van der Waals surface area (Å²) in [5.41, 5.74) is 1.10. The van der Waals surface area contributed by atoms with E-state index in [1.165, 1.54) is 0 Å². The summed E-state index contributed by atoms with van der Waals surface area (Å²) in [7, 11) is 0. The van der Waals surface area contributed by atoms with Crippen LogP contribution in [0.25, 0.3) is 0 Å². The number of aromatic nitrogens is 2. The summed E-state index contributed by atoms with van der Waals surface area (Å²) in [5.74, 6) is 2.21. The summed E-state index contributed by atoms with van der Waals surface area (Å²) in [6.07, 6.45) is 5.82. The minimum Gasteiger partial charge on any atom is -0.337 e. The lowest BCUT2D eigenvalue weighted by atomic mass is 9.91. The fourth-order valence-electron chi connectivity index (χ4n) is 5.25. The van der Waals surface area contributed by atoms with Crippen LogP contribution in [0.2, 0.25) is 5.02 Å². The third kappa shape index (κ3) is 5.11. The minimum absolute atomic E-state index is 0.00411. The summed E-state index contributed by atoms with van der Waals surface area (Å²) >= 11 is 6.19. The van der Waals surface area contributed by atoms with Crippen LogP contribution in [0.5, 0.6) is 0 Å². The van der Waals surface area contributed by atoms with Crippen LogP contribution in [-0.2, 0) is 13.0 Å². The standard InChI is InChI=1S/C26H35ClN4O2/c1-4-5-12-31(25(32)20-9-8-10-21(27)15-20)24-23(30-13-7-6-11-22(30)28-24)26(33)29-16-18(2)14-19(3)17-29/h8-10,15,18-19H,4-7,11-14,16-17H2,1-3H3. The molecule has 1 aromatic heterocycles. The quantitative estimate of drug-likeness (QED) is 0.565. The lowest BCUT2D eigenvalue weighted by Crippen LogP contribution is -2.44. The molecule has 2 amide bonds. The number of rotatable bonds is 6. The molecule has 6 nitrogen and oxygen atoms in total. The minimum atomic E-state index is -0.157. The Hall–Kier alpha value is -2.34. The van der Waals surface area contributed by atoms with Gasteiger partial charge in [0, 0.05) is 43.2 Å². The molecule has 3 heterocycles. The summed E-state index contributed by atoms with van der Waals surface area (Å²) < 4.78 is 2.08. The van der Waals surface area contributed by atoms with Crippen molar-refractivity contribution in [1.82, 2.24) is 14.5 Å². The number of unbranched alkanes of at least 4 members (excludes halogenated alkanes) is 1. The number of halogens is 1. The van der Waals surface area contributed by atoms with Crippen molar-refractivity contribution in [3.8, 4) is 0 Å². The molecule has 0 N–H and O–H groups in total. The molecular weight excluding hydrogens is 436 g/mol. The zero-order chi connectivity index (χ0) is 23.5. The molecule has 4 rings (SSSR count). The van der Waals surface area contributed by atoms with Crippen molar-refractivity contribution in [3.63, 3.8) is 0 Å². The summed E-state index contributed by atoms with van der Waals surface area (Å²) in [4.78, 5) is 36.2. The van der Waals surface area contributed by atoms with E-state index in [1.807, 2.05) is 4.90 Å². The molecule has 1 aromatic carbocycles. The normalized spacial score (nSPS) is 20.4. The number of piperidine rings is 1. The van der Waals surface area contributed by atoms with Gasteiger partial charge in [-0.3, -0.25) is 14.5 Å². The van der Waals surface area contributed by atoms with Gasteiger partial charge in [0.15, 0.2) is 11.5 Å². The zero-order valence-electron chi connectivity index (χ0n) is 20.0. The van der Waals surface area contributed by atoms with Crippen LogP contribution in [0.3, 0.4) is 0 Å². The number of hydrogen-bond acceptors (Lipinski definition) is 3. The number of nitrogens with zero attached hydrogens (tertiary/aromatic N) is 4. The number of carbonyl (C=O) groups excluding carboxylic acids is 2. The van der Waals surface area contributed by atoms with E-state index in [9.17, 15) is 9.59 Å². The molecule has 2 aliphatic rings. The highest BCUT2D eigenvalue weighted by molar-refractivity contribution is 6.31. The van der Waals surface area contributed by atoms with Crippen molar-refractivity contribution in [2.45, 2.75) is 65.8 Å². The van der Waals surface area contributed by atoms with Crippen LogP contribution >= 0.6 is 11.6 Å². The molecule has 0 radical (unpaired) electrons. The highest BCUT2D eigenvalue weighted by Crippen LogP contribution is 2.31. The van der Waals surface area contributed by atoms with E-state index in [0.717, 1.165) is 64.0 Å². The third-order valence-corrected chi connectivity index (χ3v) is 6.96. The number of amides is 2. The molecule has 2 aromatic rings. The summed E-state index contributed by atoms with van der Waals surface area (Å²) in [6.45, 7) is 9.31. The first-order valence-corrected chi connectivity index (χ1v) is 12.7. The smallest absolute Gasteiger partial charge is 0.274 e. The Kier molecular flexibility index (Phi) is 7.42. The van der Waals surface area contributed by atoms with Gasteiger partial charge in [0.2, 0.25) is 0 Å². The average Bonchev–Trinajstić information content (AvgIpc) is 3.17. The van der Waals surface area contributed by atoms with Crippen molar-refractivity contribution >= 4 is 29.2 Å². The Morgan fingerprint density at radius 2 is 1.94 bits per heavy atom. The number of likely N-dealkylation sites (tertiary alicyclic amines) is 1. The molecule has 1 saturated heterocycles. The van der Waals surface area contributed by atoms with Crippen LogP contribution in [0.4, 0.5) is 5.82 Å². The number of carbonyl (C=O) groups is 2. The van der Waals surface area contributed by atoms with Gasteiger partial charge in [0.25, 0.3) is 11.8 Å². The van der Waals surface area contributed by atoms with Gasteiger partial charge < -0.3 is 9.47 Å². The van der Waals surface area contributed by atoms with Crippen molar-refractivity contribution in [2.75, 3.05) is 24.5 Å². The van der Waals surface area contributed by atoms with E-state index in [2.05, 4.69) is 25.3 Å². The van der Waals surface area contributed by atoms with Gasteiger partial charge in [-0.25, -0.2) is 4.98 Å². The Balaban J connectivity index is 1.77. The lowest BCUT2D eigenvalue weighted by Gasteiger charge is -2.35. The van der Waals surface area contributed by atoms with Crippen LogP contribution in [0, 0.1) is 11.8 Å². The summed E-state index contributed by atoms with van der Waals surface area (Å²) in [5, 5.41) is 0.521. The maximum absolute atomic E-state index is 13.9. The monoisotopic (exact) mass is 470 g/mol. The van der Waals surface area contributed by atoms with Gasteiger partial charge in [-0.15, -0.1) is 0 Å². The van der Waals surface area contributed by atoms with Crippen LogP contribution in [0.1, 0.15) is 79.5 Å². The third-order valence-electron chi connectivity index (χ3n) is 6.73. The van der Waals surface area contributed by atoms with E-state index in [4.69, 9.17) is 16.6 Å². The highest BCUT2D eigenvalue weighted by Gasteiger charge is 2.35. The Labute approximate surface area is 201 Å². The van der Waals surface area contributed by atoms with E-state index < -0.39 is 0 Å². The number of hydrogen-bond donors (Lipinski definition) is 0. The summed E-state index contributed by atoms with van der Waals surface area (Å²) in [6, 6.07) is 7.01. The molecule has 0 saturated carbocycles. The predicted molar refractivity (Wildman–Crippen MR) is 132 cm³/mol. The number of anilines is 1. The largest absolute Gasteiger partial charge is 0.337 e. The van der Waals surface area contributed by atoms with Gasteiger partial charge in [-0.05, 0) is 55.7 Å². The number of benzene rings is 1. The predicted octanol–water partition coefficient (Wildman–Crippen LogP) is 5.44. The van der Waals surface area contributed by atoms with Crippen LogP contribution < -0.4 is 4.90 Å². The first kappa shape index (κ1) is 23.8. The second-order valence-corrected chi connectivity index (χ2v) is 10.2. The molecule has 1 fully saturated rings.